The van der Waals surface area contributed by atoms with Crippen molar-refractivity contribution in [3.63, 3.8) is 0 Å². The monoisotopic (exact) mass is 394 g/mol. The Morgan fingerprint density at radius 3 is 2.17 bits per heavy atom. The molecular weight excluding hydrogens is 372 g/mol. The molecule has 0 aromatic heterocycles. The highest BCUT2D eigenvalue weighted by atomic mass is 16.5. The smallest absolute Gasteiger partial charge is 0.307 e. The van der Waals surface area contributed by atoms with Crippen LogP contribution in [0.15, 0.2) is 60.7 Å². The lowest BCUT2D eigenvalue weighted by Crippen LogP contribution is -2.34. The predicted molar refractivity (Wildman–Crippen MR) is 109 cm³/mol. The van der Waals surface area contributed by atoms with Gasteiger partial charge in [-0.25, -0.2) is 0 Å². The molecule has 2 aromatic carbocycles. The highest BCUT2D eigenvalue weighted by Gasteiger charge is 2.33. The Balaban J connectivity index is 1.62. The molecule has 1 aliphatic rings. The van der Waals surface area contributed by atoms with Crippen LogP contribution in [0.25, 0.3) is 0 Å². The second kappa shape index (κ2) is 9.05. The first-order valence-electron chi connectivity index (χ1n) is 9.22. The fourth-order valence-electron chi connectivity index (χ4n) is 3.22. The van der Waals surface area contributed by atoms with Crippen molar-refractivity contribution in [3.8, 4) is 5.75 Å². The zero-order valence-electron chi connectivity index (χ0n) is 15.9. The van der Waals surface area contributed by atoms with E-state index in [2.05, 4.69) is 10.6 Å². The fraction of sp³-hybridized carbons (Fsp3) is 0.227. The molecule has 0 heterocycles. The van der Waals surface area contributed by atoms with E-state index in [-0.39, 0.29) is 11.8 Å². The van der Waals surface area contributed by atoms with Gasteiger partial charge in [0.15, 0.2) is 0 Å². The number of hydrogen-bond donors (Lipinski definition) is 3. The molecule has 0 radical (unpaired) electrons. The number of aliphatic carboxylic acids is 1. The number of rotatable bonds is 6. The van der Waals surface area contributed by atoms with E-state index in [1.54, 1.807) is 54.6 Å². The molecule has 7 heteroatoms. The topological polar surface area (TPSA) is 105 Å². The number of amides is 2. The molecule has 7 nitrogen and oxygen atoms in total. The molecule has 0 spiro atoms. The highest BCUT2D eigenvalue weighted by Crippen LogP contribution is 2.27. The van der Waals surface area contributed by atoms with Crippen LogP contribution in [0.1, 0.15) is 23.2 Å². The number of anilines is 2. The maximum absolute atomic E-state index is 12.5. The molecule has 0 fully saturated rings. The number of methoxy groups -OCH3 is 1. The summed E-state index contributed by atoms with van der Waals surface area (Å²) in [6, 6.07) is 13.5. The summed E-state index contributed by atoms with van der Waals surface area (Å²) in [5.74, 6) is -2.31. The van der Waals surface area contributed by atoms with Crippen molar-refractivity contribution in [1.82, 2.24) is 0 Å². The third kappa shape index (κ3) is 5.01. The van der Waals surface area contributed by atoms with Crippen LogP contribution in [0.2, 0.25) is 0 Å². The number of ether oxygens (including phenoxy) is 1. The van der Waals surface area contributed by atoms with Gasteiger partial charge in [0, 0.05) is 16.9 Å². The Morgan fingerprint density at radius 2 is 1.55 bits per heavy atom. The van der Waals surface area contributed by atoms with Crippen LogP contribution in [0.5, 0.6) is 5.75 Å². The van der Waals surface area contributed by atoms with E-state index in [0.717, 1.165) is 0 Å². The number of carbonyl (C=O) groups excluding carboxylic acids is 2. The van der Waals surface area contributed by atoms with Crippen LogP contribution in [-0.4, -0.2) is 30.0 Å². The van der Waals surface area contributed by atoms with Crippen LogP contribution in [-0.2, 0) is 9.59 Å². The lowest BCUT2D eigenvalue weighted by molar-refractivity contribution is -0.146. The molecule has 0 aliphatic heterocycles. The summed E-state index contributed by atoms with van der Waals surface area (Å²) in [5.41, 5.74) is 1.57. The Labute approximate surface area is 168 Å². The van der Waals surface area contributed by atoms with Gasteiger partial charge in [0.25, 0.3) is 5.91 Å². The van der Waals surface area contributed by atoms with Gasteiger partial charge in [0.2, 0.25) is 5.91 Å². The van der Waals surface area contributed by atoms with Gasteiger partial charge in [-0.3, -0.25) is 14.4 Å². The summed E-state index contributed by atoms with van der Waals surface area (Å²) in [7, 11) is 1.53. The van der Waals surface area contributed by atoms with Crippen LogP contribution < -0.4 is 15.4 Å². The molecule has 0 bridgehead atoms. The van der Waals surface area contributed by atoms with Crippen molar-refractivity contribution < 1.29 is 24.2 Å². The van der Waals surface area contributed by atoms with E-state index in [1.165, 1.54) is 7.11 Å². The molecule has 3 rings (SSSR count). The fourth-order valence-corrected chi connectivity index (χ4v) is 3.22. The van der Waals surface area contributed by atoms with Crippen molar-refractivity contribution in [3.05, 3.63) is 66.2 Å². The summed E-state index contributed by atoms with van der Waals surface area (Å²) in [6.07, 6.45) is 4.38. The van der Waals surface area contributed by atoms with E-state index < -0.39 is 17.8 Å². The molecule has 0 saturated carbocycles. The van der Waals surface area contributed by atoms with Crippen molar-refractivity contribution in [2.45, 2.75) is 12.8 Å². The number of carbonyl (C=O) groups is 3. The summed E-state index contributed by atoms with van der Waals surface area (Å²) in [5, 5.41) is 14.8. The van der Waals surface area contributed by atoms with Crippen molar-refractivity contribution >= 4 is 29.2 Å². The van der Waals surface area contributed by atoms with Crippen LogP contribution in [0.3, 0.4) is 0 Å². The summed E-state index contributed by atoms with van der Waals surface area (Å²) >= 11 is 0. The zero-order valence-corrected chi connectivity index (χ0v) is 15.9. The quantitative estimate of drug-likeness (QED) is 0.650. The highest BCUT2D eigenvalue weighted by molar-refractivity contribution is 6.04. The van der Waals surface area contributed by atoms with E-state index >= 15 is 0 Å². The van der Waals surface area contributed by atoms with Crippen LogP contribution in [0.4, 0.5) is 11.4 Å². The van der Waals surface area contributed by atoms with E-state index in [9.17, 15) is 19.5 Å². The second-order valence-electron chi connectivity index (χ2n) is 6.75. The molecule has 0 unspecified atom stereocenters. The summed E-state index contributed by atoms with van der Waals surface area (Å²) < 4.78 is 5.12. The lowest BCUT2D eigenvalue weighted by atomic mass is 9.82. The number of carboxylic acids is 1. The van der Waals surface area contributed by atoms with Gasteiger partial charge in [0.1, 0.15) is 5.75 Å². The third-order valence-electron chi connectivity index (χ3n) is 4.83. The molecule has 2 atom stereocenters. The van der Waals surface area contributed by atoms with Crippen molar-refractivity contribution in [2.24, 2.45) is 11.8 Å². The average Bonchev–Trinajstić information content (AvgIpc) is 2.75. The van der Waals surface area contributed by atoms with Gasteiger partial charge in [0.05, 0.1) is 18.9 Å². The first kappa shape index (κ1) is 20.1. The summed E-state index contributed by atoms with van der Waals surface area (Å²) in [6.45, 7) is 0. The predicted octanol–water partition coefficient (Wildman–Crippen LogP) is 3.55. The summed E-state index contributed by atoms with van der Waals surface area (Å²) in [4.78, 5) is 36.2. The Hall–Kier alpha value is -3.61. The maximum Gasteiger partial charge on any atom is 0.307 e. The molecule has 2 aromatic rings. The Kier molecular flexibility index (Phi) is 6.29. The molecule has 1 aliphatic carbocycles. The molecule has 3 N–H and O–H groups in total. The lowest BCUT2D eigenvalue weighted by Gasteiger charge is -2.24. The Morgan fingerprint density at radius 1 is 0.931 bits per heavy atom. The first-order valence-corrected chi connectivity index (χ1v) is 9.22. The van der Waals surface area contributed by atoms with Crippen LogP contribution in [0, 0.1) is 11.8 Å². The first-order chi connectivity index (χ1) is 14.0. The van der Waals surface area contributed by atoms with Gasteiger partial charge in [-0.05, 0) is 55.3 Å². The standard InChI is InChI=1S/C22H22N2O5/c1-29-17-6-4-5-14(13-17)20(25)23-15-9-11-16(12-10-15)24-21(26)18-7-2-3-8-19(18)22(27)28/h2-6,9-13,18-19H,7-8H2,1H3,(H,23,25)(H,24,26)(H,27,28)/t18-,19-/m1/s1. The minimum Gasteiger partial charge on any atom is -0.497 e. The van der Waals surface area contributed by atoms with Gasteiger partial charge in [-0.2, -0.15) is 0 Å². The molecule has 0 saturated heterocycles. The number of hydrogen-bond acceptors (Lipinski definition) is 4. The van der Waals surface area contributed by atoms with Crippen LogP contribution >= 0.6 is 0 Å². The number of allylic oxidation sites excluding steroid dienone is 2. The SMILES string of the molecule is COc1cccc(C(=O)Nc2ccc(NC(=O)[C@@H]3CC=CC[C@H]3C(=O)O)cc2)c1. The normalized spacial score (nSPS) is 18.0. The number of nitrogens with one attached hydrogen (secondary N) is 2. The largest absolute Gasteiger partial charge is 0.497 e. The third-order valence-corrected chi connectivity index (χ3v) is 4.83. The van der Waals surface area contributed by atoms with Gasteiger partial charge >= 0.3 is 5.97 Å². The second-order valence-corrected chi connectivity index (χ2v) is 6.75. The number of carboxylic acid groups (broad SMARTS) is 1. The minimum absolute atomic E-state index is 0.279. The maximum atomic E-state index is 12.5. The molecule has 2 amide bonds. The van der Waals surface area contributed by atoms with Gasteiger partial charge in [-0.1, -0.05) is 18.2 Å². The Bertz CT molecular complexity index is 936. The molecule has 29 heavy (non-hydrogen) atoms. The van der Waals surface area contributed by atoms with E-state index in [0.29, 0.717) is 35.5 Å². The van der Waals surface area contributed by atoms with Crippen molar-refractivity contribution in [2.75, 3.05) is 17.7 Å². The van der Waals surface area contributed by atoms with Crippen molar-refractivity contribution in [1.29, 1.82) is 0 Å². The number of benzene rings is 2. The van der Waals surface area contributed by atoms with E-state index in [1.807, 2.05) is 6.08 Å². The van der Waals surface area contributed by atoms with Gasteiger partial charge < -0.3 is 20.5 Å². The zero-order chi connectivity index (χ0) is 20.8. The molecular formula is C22H22N2O5. The van der Waals surface area contributed by atoms with Gasteiger partial charge in [-0.15, -0.1) is 0 Å². The average molecular weight is 394 g/mol. The molecule has 150 valence electrons. The minimum atomic E-state index is -0.967. The van der Waals surface area contributed by atoms with E-state index in [4.69, 9.17) is 4.74 Å².